The van der Waals surface area contributed by atoms with E-state index in [0.717, 1.165) is 68.7 Å². The number of aliphatic hydroxyl groups excluding tert-OH is 2. The zero-order valence-corrected chi connectivity index (χ0v) is 30.3. The van der Waals surface area contributed by atoms with E-state index < -0.39 is 12.2 Å². The minimum absolute atomic E-state index is 0.227. The van der Waals surface area contributed by atoms with Crippen LogP contribution in [0.5, 0.6) is 11.5 Å². The highest BCUT2D eigenvalue weighted by atomic mass is 32.2. The molecule has 0 saturated carbocycles. The van der Waals surface area contributed by atoms with E-state index in [9.17, 15) is 29.4 Å². The summed E-state index contributed by atoms with van der Waals surface area (Å²) in [5.74, 6) is 1.03. The quantitative estimate of drug-likeness (QED) is 0.131. The molecule has 4 amide bonds. The van der Waals surface area contributed by atoms with E-state index in [2.05, 4.69) is 20.6 Å². The fourth-order valence-electron chi connectivity index (χ4n) is 5.14. The second-order valence-electron chi connectivity index (χ2n) is 12.2. The van der Waals surface area contributed by atoms with Gasteiger partial charge in [0.15, 0.2) is 0 Å². The molecule has 0 aliphatic carbocycles. The number of rotatable bonds is 14. The lowest BCUT2D eigenvalue weighted by atomic mass is 10.1. The molecule has 4 heterocycles. The first-order valence-corrected chi connectivity index (χ1v) is 18.5. The lowest BCUT2D eigenvalue weighted by Gasteiger charge is -2.09. The van der Waals surface area contributed by atoms with Crippen LogP contribution in [-0.4, -0.2) is 66.2 Å². The third-order valence-electron chi connectivity index (χ3n) is 8.14. The number of aromatic nitrogens is 2. The highest BCUT2D eigenvalue weighted by molar-refractivity contribution is 8.15. The molecular weight excluding hydrogens is 705 g/mol. The maximum absolute atomic E-state index is 11.6. The van der Waals surface area contributed by atoms with E-state index in [0.29, 0.717) is 38.9 Å². The zero-order chi connectivity index (χ0) is 37.0. The predicted molar refractivity (Wildman–Crippen MR) is 198 cm³/mol. The Hall–Kier alpha value is -4.76. The fraction of sp³-hybridized carbons (Fsp3) is 0.316. The SMILES string of the molecule is C[C@@H](O)c1ccc(CCOc2ccc(C[C@@H]3SC(=O)NC3=O)cc2)nc1.C[C@H](O)c1ccc(CCOc2ccc(CC3SC(=O)NC3=O)cc2)nc1. The lowest BCUT2D eigenvalue weighted by Crippen LogP contribution is -2.25. The molecule has 2 aromatic heterocycles. The van der Waals surface area contributed by atoms with Crippen LogP contribution < -0.4 is 20.1 Å². The molecule has 52 heavy (non-hydrogen) atoms. The van der Waals surface area contributed by atoms with Gasteiger partial charge in [0.25, 0.3) is 10.5 Å². The van der Waals surface area contributed by atoms with Crippen molar-refractivity contribution in [1.82, 2.24) is 20.6 Å². The Kier molecular flexibility index (Phi) is 13.8. The van der Waals surface area contributed by atoms with E-state index in [1.807, 2.05) is 72.8 Å². The van der Waals surface area contributed by atoms with Gasteiger partial charge in [-0.15, -0.1) is 0 Å². The predicted octanol–water partition coefficient (Wildman–Crippen LogP) is 5.30. The van der Waals surface area contributed by atoms with Crippen LogP contribution in [0.3, 0.4) is 0 Å². The number of ether oxygens (including phenoxy) is 2. The molecule has 2 fully saturated rings. The molecule has 4 aromatic rings. The minimum atomic E-state index is -0.516. The highest BCUT2D eigenvalue weighted by Crippen LogP contribution is 2.25. The van der Waals surface area contributed by atoms with Gasteiger partial charge < -0.3 is 19.7 Å². The van der Waals surface area contributed by atoms with Crippen molar-refractivity contribution in [1.29, 1.82) is 0 Å². The standard InChI is InChI=1S/2C19H20N2O4S/c2*1-12(22)14-4-5-15(20-11-14)8-9-25-16-6-2-13(3-7-16)10-17-18(23)21-19(24)26-17/h2*2-7,11-12,17,22H,8-10H2,1H3,(H,21,23,24)/t12-,17?;12-,17+/m01/s1. The summed E-state index contributed by atoms with van der Waals surface area (Å²) in [6.45, 7) is 4.41. The van der Waals surface area contributed by atoms with Gasteiger partial charge in [-0.2, -0.15) is 0 Å². The van der Waals surface area contributed by atoms with Crippen molar-refractivity contribution in [3.05, 3.63) is 119 Å². The van der Waals surface area contributed by atoms with Gasteiger partial charge in [0.1, 0.15) is 11.5 Å². The zero-order valence-electron chi connectivity index (χ0n) is 28.7. The van der Waals surface area contributed by atoms with Crippen molar-refractivity contribution >= 4 is 45.8 Å². The average molecular weight is 745 g/mol. The van der Waals surface area contributed by atoms with Crippen molar-refractivity contribution in [2.24, 2.45) is 0 Å². The molecule has 0 radical (unpaired) electrons. The van der Waals surface area contributed by atoms with Gasteiger partial charge in [0.2, 0.25) is 11.8 Å². The van der Waals surface area contributed by atoms with Crippen LogP contribution in [0.4, 0.5) is 9.59 Å². The number of carbonyl (C=O) groups excluding carboxylic acids is 4. The minimum Gasteiger partial charge on any atom is -0.493 e. The van der Waals surface area contributed by atoms with E-state index in [1.165, 1.54) is 0 Å². The van der Waals surface area contributed by atoms with Crippen molar-refractivity contribution in [2.45, 2.75) is 62.2 Å². The smallest absolute Gasteiger partial charge is 0.286 e. The maximum Gasteiger partial charge on any atom is 0.286 e. The molecule has 6 rings (SSSR count). The maximum atomic E-state index is 11.6. The Morgan fingerprint density at radius 2 is 1.00 bits per heavy atom. The van der Waals surface area contributed by atoms with Gasteiger partial charge in [-0.25, -0.2) is 0 Å². The van der Waals surface area contributed by atoms with Gasteiger partial charge >= 0.3 is 0 Å². The summed E-state index contributed by atoms with van der Waals surface area (Å²) in [7, 11) is 0. The number of thioether (sulfide) groups is 2. The van der Waals surface area contributed by atoms with E-state index >= 15 is 0 Å². The molecule has 2 aromatic carbocycles. The number of nitrogens with one attached hydrogen (secondary N) is 2. The number of imide groups is 2. The van der Waals surface area contributed by atoms with Crippen LogP contribution in [-0.2, 0) is 35.3 Å². The molecule has 14 heteroatoms. The number of hydrogen-bond acceptors (Lipinski definition) is 12. The van der Waals surface area contributed by atoms with Crippen LogP contribution >= 0.6 is 23.5 Å². The third kappa shape index (κ3) is 11.6. The number of aliphatic hydroxyl groups is 2. The summed E-state index contributed by atoms with van der Waals surface area (Å²) in [6, 6.07) is 22.6. The second-order valence-corrected chi connectivity index (χ2v) is 14.5. The fourth-order valence-corrected chi connectivity index (χ4v) is 6.86. The monoisotopic (exact) mass is 744 g/mol. The van der Waals surface area contributed by atoms with Gasteiger partial charge in [0.05, 0.1) is 35.9 Å². The number of amides is 4. The normalized spacial score (nSPS) is 17.8. The molecular formula is C38H40N4O8S2. The van der Waals surface area contributed by atoms with Gasteiger partial charge in [0, 0.05) is 36.6 Å². The molecule has 1 unspecified atom stereocenters. The number of carbonyl (C=O) groups is 4. The molecule has 12 nitrogen and oxygen atoms in total. The number of benzene rings is 2. The molecule has 2 aliphatic rings. The van der Waals surface area contributed by atoms with Crippen molar-refractivity contribution in [3.63, 3.8) is 0 Å². The molecule has 2 saturated heterocycles. The number of hydrogen-bond donors (Lipinski definition) is 4. The van der Waals surface area contributed by atoms with Crippen LogP contribution in [0.15, 0.2) is 85.2 Å². The summed E-state index contributed by atoms with van der Waals surface area (Å²) in [5, 5.41) is 22.3. The first kappa shape index (κ1) is 38.5. The molecule has 0 bridgehead atoms. The van der Waals surface area contributed by atoms with E-state index in [1.54, 1.807) is 26.2 Å². The summed E-state index contributed by atoms with van der Waals surface area (Å²) in [6.07, 6.45) is 4.69. The molecule has 0 spiro atoms. The third-order valence-corrected chi connectivity index (χ3v) is 10.1. The first-order chi connectivity index (χ1) is 25.0. The molecule has 4 atom stereocenters. The summed E-state index contributed by atoms with van der Waals surface area (Å²) >= 11 is 2.07. The Morgan fingerprint density at radius 3 is 1.29 bits per heavy atom. The lowest BCUT2D eigenvalue weighted by molar-refractivity contribution is -0.119. The Labute approximate surface area is 310 Å². The summed E-state index contributed by atoms with van der Waals surface area (Å²) in [4.78, 5) is 54.2. The van der Waals surface area contributed by atoms with E-state index in [4.69, 9.17) is 9.47 Å². The van der Waals surface area contributed by atoms with Gasteiger partial charge in [-0.05, 0) is 85.3 Å². The number of nitrogens with zero attached hydrogens (tertiary/aromatic N) is 2. The summed E-state index contributed by atoms with van der Waals surface area (Å²) in [5.41, 5.74) is 5.35. The first-order valence-electron chi connectivity index (χ1n) is 16.7. The molecule has 4 N–H and O–H groups in total. The van der Waals surface area contributed by atoms with Crippen molar-refractivity contribution < 1.29 is 38.9 Å². The topological polar surface area (TPSA) is 177 Å². The largest absolute Gasteiger partial charge is 0.493 e. The number of pyridine rings is 2. The van der Waals surface area contributed by atoms with E-state index in [-0.39, 0.29) is 32.8 Å². The Bertz CT molecular complexity index is 1690. The average Bonchev–Trinajstić information content (AvgIpc) is 3.63. The van der Waals surface area contributed by atoms with Crippen LogP contribution in [0.1, 0.15) is 59.7 Å². The van der Waals surface area contributed by atoms with Gasteiger partial charge in [-0.3, -0.25) is 39.8 Å². The van der Waals surface area contributed by atoms with Crippen LogP contribution in [0, 0.1) is 0 Å². The van der Waals surface area contributed by atoms with Crippen molar-refractivity contribution in [2.75, 3.05) is 13.2 Å². The van der Waals surface area contributed by atoms with Crippen LogP contribution in [0.2, 0.25) is 0 Å². The Morgan fingerprint density at radius 1 is 0.615 bits per heavy atom. The van der Waals surface area contributed by atoms with Gasteiger partial charge in [-0.1, -0.05) is 59.9 Å². The van der Waals surface area contributed by atoms with Crippen LogP contribution in [0.25, 0.3) is 0 Å². The highest BCUT2D eigenvalue weighted by Gasteiger charge is 2.32. The van der Waals surface area contributed by atoms with Crippen molar-refractivity contribution in [3.8, 4) is 11.5 Å². The molecule has 272 valence electrons. The summed E-state index contributed by atoms with van der Waals surface area (Å²) < 4.78 is 11.4. The molecule has 2 aliphatic heterocycles. The second kappa shape index (κ2) is 18.6. The Balaban J connectivity index is 0.000000201.